The molecule has 1 aromatic rings. The maximum absolute atomic E-state index is 11.6. The van der Waals surface area contributed by atoms with Crippen LogP contribution in [0.15, 0.2) is 28.1 Å². The monoisotopic (exact) mass is 286 g/mol. The number of hydrogen-bond acceptors (Lipinski definition) is 4. The highest BCUT2D eigenvalue weighted by molar-refractivity contribution is 9.10. The topological polar surface area (TPSA) is 101 Å². The number of pyridine rings is 1. The zero-order valence-electron chi connectivity index (χ0n) is 8.35. The van der Waals surface area contributed by atoms with Crippen LogP contribution < -0.4 is 11.1 Å². The summed E-state index contributed by atoms with van der Waals surface area (Å²) in [6, 6.07) is 1.66. The first-order valence-electron chi connectivity index (χ1n) is 4.48. The van der Waals surface area contributed by atoms with Crippen molar-refractivity contribution < 1.29 is 10.0 Å². The lowest BCUT2D eigenvalue weighted by Gasteiger charge is -2.04. The molecule has 0 saturated carbocycles. The van der Waals surface area contributed by atoms with Gasteiger partial charge >= 0.3 is 0 Å². The third-order valence-electron chi connectivity index (χ3n) is 1.76. The summed E-state index contributed by atoms with van der Waals surface area (Å²) >= 11 is 3.22. The highest BCUT2D eigenvalue weighted by atomic mass is 79.9. The van der Waals surface area contributed by atoms with E-state index in [2.05, 4.69) is 31.4 Å². The Morgan fingerprint density at radius 3 is 3.00 bits per heavy atom. The third-order valence-corrected chi connectivity index (χ3v) is 2.20. The Morgan fingerprint density at radius 2 is 2.38 bits per heavy atom. The van der Waals surface area contributed by atoms with Crippen LogP contribution in [0.4, 0.5) is 0 Å². The number of aromatic nitrogens is 1. The van der Waals surface area contributed by atoms with Crippen molar-refractivity contribution in [1.82, 2.24) is 10.3 Å². The summed E-state index contributed by atoms with van der Waals surface area (Å²) in [5.41, 5.74) is 5.70. The Hall–Kier alpha value is -1.63. The van der Waals surface area contributed by atoms with Gasteiger partial charge in [0, 0.05) is 29.8 Å². The van der Waals surface area contributed by atoms with Gasteiger partial charge in [-0.05, 0) is 22.0 Å². The molecule has 1 heterocycles. The number of halogens is 1. The Labute approximate surface area is 101 Å². The van der Waals surface area contributed by atoms with Gasteiger partial charge in [-0.3, -0.25) is 9.78 Å². The molecule has 0 spiro atoms. The molecule has 0 radical (unpaired) electrons. The molecule has 0 fully saturated rings. The Balaban J connectivity index is 2.47. The highest BCUT2D eigenvalue weighted by Gasteiger charge is 2.05. The number of nitrogens with one attached hydrogen (secondary N) is 1. The molecule has 0 aliphatic rings. The minimum atomic E-state index is -0.250. The number of hydrogen-bond donors (Lipinski definition) is 3. The zero-order valence-corrected chi connectivity index (χ0v) is 9.94. The number of amides is 1. The molecular weight excluding hydrogens is 276 g/mol. The van der Waals surface area contributed by atoms with Gasteiger partial charge in [-0.25, -0.2) is 0 Å². The summed E-state index contributed by atoms with van der Waals surface area (Å²) in [6.07, 6.45) is 3.35. The average molecular weight is 287 g/mol. The predicted octanol–water partition coefficient (Wildman–Crippen LogP) is 0.710. The van der Waals surface area contributed by atoms with E-state index in [9.17, 15) is 4.79 Å². The standard InChI is InChI=1S/C9H11BrN4O2/c10-7-3-6(4-12-5-7)9(15)13-2-1-8(11)14-16/h3-5,16H,1-2H2,(H2,11,14)(H,13,15). The molecule has 4 N–H and O–H groups in total. The summed E-state index contributed by atoms with van der Waals surface area (Å²) in [4.78, 5) is 15.4. The maximum Gasteiger partial charge on any atom is 0.252 e. The molecule has 0 bridgehead atoms. The highest BCUT2D eigenvalue weighted by Crippen LogP contribution is 2.09. The van der Waals surface area contributed by atoms with E-state index in [-0.39, 0.29) is 11.7 Å². The first-order valence-corrected chi connectivity index (χ1v) is 5.28. The van der Waals surface area contributed by atoms with Crippen molar-refractivity contribution in [3.8, 4) is 0 Å². The zero-order chi connectivity index (χ0) is 12.0. The van der Waals surface area contributed by atoms with Crippen LogP contribution >= 0.6 is 15.9 Å². The molecule has 16 heavy (non-hydrogen) atoms. The first-order chi connectivity index (χ1) is 7.63. The normalized spacial score (nSPS) is 11.2. The average Bonchev–Trinajstić information content (AvgIpc) is 2.28. The van der Waals surface area contributed by atoms with Crippen molar-refractivity contribution in [1.29, 1.82) is 0 Å². The van der Waals surface area contributed by atoms with E-state index in [4.69, 9.17) is 10.9 Å². The molecule has 86 valence electrons. The van der Waals surface area contributed by atoms with Crippen LogP contribution in [0, 0.1) is 0 Å². The summed E-state index contributed by atoms with van der Waals surface area (Å²) in [7, 11) is 0. The van der Waals surface area contributed by atoms with Gasteiger partial charge in [-0.1, -0.05) is 5.16 Å². The number of nitrogens with zero attached hydrogens (tertiary/aromatic N) is 2. The maximum atomic E-state index is 11.6. The Bertz CT molecular complexity index is 408. The molecule has 1 aromatic heterocycles. The van der Waals surface area contributed by atoms with Crippen LogP contribution in [0.2, 0.25) is 0 Å². The van der Waals surface area contributed by atoms with Crippen LogP contribution in [0.25, 0.3) is 0 Å². The van der Waals surface area contributed by atoms with Crippen molar-refractivity contribution in [2.24, 2.45) is 10.9 Å². The summed E-state index contributed by atoms with van der Waals surface area (Å²) in [5.74, 6) is -0.174. The predicted molar refractivity (Wildman–Crippen MR) is 62.3 cm³/mol. The van der Waals surface area contributed by atoms with Crippen molar-refractivity contribution >= 4 is 27.7 Å². The fraction of sp³-hybridized carbons (Fsp3) is 0.222. The molecule has 1 rings (SSSR count). The van der Waals surface area contributed by atoms with Crippen molar-refractivity contribution in [2.75, 3.05) is 6.54 Å². The van der Waals surface area contributed by atoms with Crippen LogP contribution in [0.1, 0.15) is 16.8 Å². The molecule has 0 saturated heterocycles. The van der Waals surface area contributed by atoms with Crippen LogP contribution in [0.3, 0.4) is 0 Å². The number of carbonyl (C=O) groups is 1. The van der Waals surface area contributed by atoms with Gasteiger partial charge in [0.2, 0.25) is 0 Å². The van der Waals surface area contributed by atoms with Gasteiger partial charge in [-0.15, -0.1) is 0 Å². The lowest BCUT2D eigenvalue weighted by Crippen LogP contribution is -2.28. The van der Waals surface area contributed by atoms with Gasteiger partial charge in [-0.2, -0.15) is 0 Å². The minimum Gasteiger partial charge on any atom is -0.409 e. The molecule has 0 atom stereocenters. The van der Waals surface area contributed by atoms with Gasteiger partial charge in [0.1, 0.15) is 5.84 Å². The van der Waals surface area contributed by atoms with E-state index < -0.39 is 0 Å². The van der Waals surface area contributed by atoms with E-state index in [1.165, 1.54) is 6.20 Å². The van der Waals surface area contributed by atoms with E-state index in [0.29, 0.717) is 18.5 Å². The second kappa shape index (κ2) is 6.06. The fourth-order valence-corrected chi connectivity index (χ4v) is 1.36. The van der Waals surface area contributed by atoms with Gasteiger partial charge < -0.3 is 16.3 Å². The number of amidine groups is 1. The van der Waals surface area contributed by atoms with Crippen LogP contribution in [-0.4, -0.2) is 28.5 Å². The smallest absolute Gasteiger partial charge is 0.252 e. The number of carbonyl (C=O) groups excluding carboxylic acids is 1. The van der Waals surface area contributed by atoms with Crippen LogP contribution in [0.5, 0.6) is 0 Å². The molecular formula is C9H11BrN4O2. The van der Waals surface area contributed by atoms with E-state index in [0.717, 1.165) is 4.47 Å². The largest absolute Gasteiger partial charge is 0.409 e. The van der Waals surface area contributed by atoms with E-state index in [1.54, 1.807) is 12.3 Å². The number of rotatable bonds is 4. The minimum absolute atomic E-state index is 0.0765. The second-order valence-corrected chi connectivity index (χ2v) is 3.90. The third kappa shape index (κ3) is 3.85. The SMILES string of the molecule is NC(CCNC(=O)c1cncc(Br)c1)=NO. The lowest BCUT2D eigenvalue weighted by molar-refractivity contribution is 0.0954. The van der Waals surface area contributed by atoms with Gasteiger partial charge in [0.25, 0.3) is 5.91 Å². The molecule has 6 nitrogen and oxygen atoms in total. The summed E-state index contributed by atoms with van der Waals surface area (Å²) < 4.78 is 0.733. The van der Waals surface area contributed by atoms with Gasteiger partial charge in [0.15, 0.2) is 0 Å². The van der Waals surface area contributed by atoms with E-state index in [1.807, 2.05) is 0 Å². The van der Waals surface area contributed by atoms with Crippen molar-refractivity contribution in [2.45, 2.75) is 6.42 Å². The Kier molecular flexibility index (Phi) is 4.71. The molecule has 0 unspecified atom stereocenters. The first kappa shape index (κ1) is 12.4. The van der Waals surface area contributed by atoms with Crippen molar-refractivity contribution in [3.63, 3.8) is 0 Å². The molecule has 0 aromatic carbocycles. The molecule has 0 aliphatic carbocycles. The summed E-state index contributed by atoms with van der Waals surface area (Å²) in [6.45, 7) is 0.307. The van der Waals surface area contributed by atoms with Crippen LogP contribution in [-0.2, 0) is 0 Å². The van der Waals surface area contributed by atoms with Crippen molar-refractivity contribution in [3.05, 3.63) is 28.5 Å². The van der Waals surface area contributed by atoms with Gasteiger partial charge in [0.05, 0.1) is 5.56 Å². The number of oxime groups is 1. The Morgan fingerprint density at radius 1 is 1.62 bits per heavy atom. The molecule has 1 amide bonds. The fourth-order valence-electron chi connectivity index (χ4n) is 0.992. The van der Waals surface area contributed by atoms with E-state index >= 15 is 0 Å². The molecule has 7 heteroatoms. The number of nitrogens with two attached hydrogens (primary N) is 1. The lowest BCUT2D eigenvalue weighted by atomic mass is 10.2. The quantitative estimate of drug-likeness (QED) is 0.328. The molecule has 0 aliphatic heterocycles. The summed E-state index contributed by atoms with van der Waals surface area (Å²) in [5, 5.41) is 13.7. The second-order valence-electron chi connectivity index (χ2n) is 2.99.